The molecule has 1 amide bonds. The number of benzene rings is 2. The predicted octanol–water partition coefficient (Wildman–Crippen LogP) is 3.66. The van der Waals surface area contributed by atoms with E-state index in [0.29, 0.717) is 17.1 Å². The third-order valence-corrected chi connectivity index (χ3v) is 3.61. The van der Waals surface area contributed by atoms with Gasteiger partial charge in [0.1, 0.15) is 0 Å². The van der Waals surface area contributed by atoms with Crippen molar-refractivity contribution in [2.45, 2.75) is 6.92 Å². The van der Waals surface area contributed by atoms with E-state index in [4.69, 9.17) is 14.7 Å². The van der Waals surface area contributed by atoms with Gasteiger partial charge < -0.3 is 14.8 Å². The lowest BCUT2D eigenvalue weighted by atomic mass is 10.2. The van der Waals surface area contributed by atoms with Crippen molar-refractivity contribution >= 4 is 27.5 Å². The van der Waals surface area contributed by atoms with Crippen LogP contribution in [0.3, 0.4) is 0 Å². The average Bonchev–Trinajstić information content (AvgIpc) is 2.55. The van der Waals surface area contributed by atoms with Crippen LogP contribution in [0.15, 0.2) is 40.9 Å². The number of nitrogens with zero attached hydrogens (tertiary/aromatic N) is 1. The molecule has 6 heteroatoms. The standard InChI is InChI=1S/C17H15BrN2O3/c1-11-7-13(18)4-5-14(11)20-17(21)10-23-15-6-3-12(9-19)8-16(15)22-2/h3-8H,10H2,1-2H3,(H,20,21). The van der Waals surface area contributed by atoms with Gasteiger partial charge in [0.05, 0.1) is 18.7 Å². The second-order valence-electron chi connectivity index (χ2n) is 4.77. The maximum absolute atomic E-state index is 12.0. The van der Waals surface area contributed by atoms with Crippen molar-refractivity contribution in [1.82, 2.24) is 0 Å². The Balaban J connectivity index is 2.00. The van der Waals surface area contributed by atoms with E-state index < -0.39 is 0 Å². The highest BCUT2D eigenvalue weighted by Gasteiger charge is 2.10. The van der Waals surface area contributed by atoms with E-state index in [1.807, 2.05) is 31.2 Å². The topological polar surface area (TPSA) is 71.3 Å². The van der Waals surface area contributed by atoms with E-state index in [0.717, 1.165) is 15.7 Å². The summed E-state index contributed by atoms with van der Waals surface area (Å²) < 4.78 is 11.6. The summed E-state index contributed by atoms with van der Waals surface area (Å²) in [5, 5.41) is 11.7. The van der Waals surface area contributed by atoms with Gasteiger partial charge in [0, 0.05) is 16.2 Å². The summed E-state index contributed by atoms with van der Waals surface area (Å²) in [5.41, 5.74) is 2.14. The lowest BCUT2D eigenvalue weighted by molar-refractivity contribution is -0.118. The zero-order chi connectivity index (χ0) is 16.8. The van der Waals surface area contributed by atoms with Crippen LogP contribution in [0.4, 0.5) is 5.69 Å². The molecule has 0 aliphatic heterocycles. The normalized spacial score (nSPS) is 9.83. The Labute approximate surface area is 143 Å². The number of amides is 1. The van der Waals surface area contributed by atoms with Gasteiger partial charge in [-0.3, -0.25) is 4.79 Å². The monoisotopic (exact) mass is 374 g/mol. The second kappa shape index (κ2) is 7.65. The van der Waals surface area contributed by atoms with Gasteiger partial charge in [-0.2, -0.15) is 5.26 Å². The molecule has 23 heavy (non-hydrogen) atoms. The van der Waals surface area contributed by atoms with Crippen LogP contribution in [0.1, 0.15) is 11.1 Å². The van der Waals surface area contributed by atoms with E-state index in [1.165, 1.54) is 7.11 Å². The first-order chi connectivity index (χ1) is 11.0. The van der Waals surface area contributed by atoms with E-state index in [2.05, 4.69) is 21.2 Å². The Kier molecular flexibility index (Phi) is 5.61. The van der Waals surface area contributed by atoms with Gasteiger partial charge in [0.2, 0.25) is 0 Å². The Morgan fingerprint density at radius 1 is 1.26 bits per heavy atom. The quantitative estimate of drug-likeness (QED) is 0.866. The van der Waals surface area contributed by atoms with Crippen molar-refractivity contribution < 1.29 is 14.3 Å². The van der Waals surface area contributed by atoms with Crippen LogP contribution in [0.5, 0.6) is 11.5 Å². The van der Waals surface area contributed by atoms with Crippen molar-refractivity contribution in [1.29, 1.82) is 5.26 Å². The van der Waals surface area contributed by atoms with Gasteiger partial charge in [-0.05, 0) is 42.8 Å². The molecule has 0 aromatic heterocycles. The summed E-state index contributed by atoms with van der Waals surface area (Å²) in [7, 11) is 1.48. The number of ether oxygens (including phenoxy) is 2. The summed E-state index contributed by atoms with van der Waals surface area (Å²) in [6, 6.07) is 12.4. The molecule has 2 rings (SSSR count). The molecule has 0 saturated heterocycles. The molecular weight excluding hydrogens is 360 g/mol. The third-order valence-electron chi connectivity index (χ3n) is 3.11. The number of hydrogen-bond donors (Lipinski definition) is 1. The number of methoxy groups -OCH3 is 1. The number of nitriles is 1. The molecule has 2 aromatic carbocycles. The van der Waals surface area contributed by atoms with Crippen LogP contribution in [0.2, 0.25) is 0 Å². The van der Waals surface area contributed by atoms with Crippen LogP contribution in [-0.4, -0.2) is 19.6 Å². The first kappa shape index (κ1) is 16.8. The molecule has 0 spiro atoms. The number of hydrogen-bond acceptors (Lipinski definition) is 4. The second-order valence-corrected chi connectivity index (χ2v) is 5.69. The van der Waals surface area contributed by atoms with Gasteiger partial charge >= 0.3 is 0 Å². The third kappa shape index (κ3) is 4.47. The van der Waals surface area contributed by atoms with Crippen molar-refractivity contribution in [2.75, 3.05) is 19.0 Å². The van der Waals surface area contributed by atoms with Crippen LogP contribution >= 0.6 is 15.9 Å². The Morgan fingerprint density at radius 2 is 2.04 bits per heavy atom. The van der Waals surface area contributed by atoms with Crippen LogP contribution in [0.25, 0.3) is 0 Å². The Hall–Kier alpha value is -2.52. The molecule has 5 nitrogen and oxygen atoms in total. The number of rotatable bonds is 5. The van der Waals surface area contributed by atoms with Gasteiger partial charge in [-0.25, -0.2) is 0 Å². The minimum Gasteiger partial charge on any atom is -0.493 e. The molecule has 0 aliphatic rings. The highest BCUT2D eigenvalue weighted by Crippen LogP contribution is 2.28. The molecule has 0 fully saturated rings. The van der Waals surface area contributed by atoms with Gasteiger partial charge in [-0.1, -0.05) is 15.9 Å². The van der Waals surface area contributed by atoms with Crippen molar-refractivity contribution in [2.24, 2.45) is 0 Å². The molecule has 1 N–H and O–H groups in total. The molecule has 0 bridgehead atoms. The highest BCUT2D eigenvalue weighted by molar-refractivity contribution is 9.10. The number of halogens is 1. The van der Waals surface area contributed by atoms with Gasteiger partial charge in [-0.15, -0.1) is 0 Å². The van der Waals surface area contributed by atoms with Crippen LogP contribution in [-0.2, 0) is 4.79 Å². The number of nitrogens with one attached hydrogen (secondary N) is 1. The number of carbonyl (C=O) groups is 1. The van der Waals surface area contributed by atoms with Crippen molar-refractivity contribution in [3.8, 4) is 17.6 Å². The highest BCUT2D eigenvalue weighted by atomic mass is 79.9. The lowest BCUT2D eigenvalue weighted by Crippen LogP contribution is -2.20. The van der Waals surface area contributed by atoms with E-state index >= 15 is 0 Å². The first-order valence-electron chi connectivity index (χ1n) is 6.80. The predicted molar refractivity (Wildman–Crippen MR) is 90.7 cm³/mol. The molecule has 118 valence electrons. The molecule has 0 heterocycles. The minimum atomic E-state index is -0.276. The molecule has 0 aliphatic carbocycles. The van der Waals surface area contributed by atoms with Gasteiger partial charge in [0.25, 0.3) is 5.91 Å². The fraction of sp³-hybridized carbons (Fsp3) is 0.176. The smallest absolute Gasteiger partial charge is 0.262 e. The van der Waals surface area contributed by atoms with Gasteiger partial charge in [0.15, 0.2) is 18.1 Å². The van der Waals surface area contributed by atoms with Crippen molar-refractivity contribution in [3.63, 3.8) is 0 Å². The fourth-order valence-corrected chi connectivity index (χ4v) is 2.43. The molecule has 0 radical (unpaired) electrons. The molecular formula is C17H15BrN2O3. The zero-order valence-electron chi connectivity index (χ0n) is 12.7. The maximum atomic E-state index is 12.0. The summed E-state index contributed by atoms with van der Waals surface area (Å²) in [6.45, 7) is 1.75. The molecule has 0 unspecified atom stereocenters. The van der Waals surface area contributed by atoms with E-state index in [1.54, 1.807) is 18.2 Å². The number of anilines is 1. The van der Waals surface area contributed by atoms with Crippen LogP contribution < -0.4 is 14.8 Å². The summed E-state index contributed by atoms with van der Waals surface area (Å²) >= 11 is 3.38. The Morgan fingerprint density at radius 3 is 2.70 bits per heavy atom. The maximum Gasteiger partial charge on any atom is 0.262 e. The first-order valence-corrected chi connectivity index (χ1v) is 7.59. The fourth-order valence-electron chi connectivity index (χ4n) is 1.95. The van der Waals surface area contributed by atoms with E-state index in [9.17, 15) is 4.79 Å². The number of carbonyl (C=O) groups excluding carboxylic acids is 1. The van der Waals surface area contributed by atoms with E-state index in [-0.39, 0.29) is 12.5 Å². The Bertz CT molecular complexity index is 769. The summed E-state index contributed by atoms with van der Waals surface area (Å²) in [4.78, 5) is 12.0. The van der Waals surface area contributed by atoms with Crippen LogP contribution in [0, 0.1) is 18.3 Å². The molecule has 2 aromatic rings. The lowest BCUT2D eigenvalue weighted by Gasteiger charge is -2.12. The number of aryl methyl sites for hydroxylation is 1. The SMILES string of the molecule is COc1cc(C#N)ccc1OCC(=O)Nc1ccc(Br)cc1C. The minimum absolute atomic E-state index is 0.155. The molecule has 0 atom stereocenters. The van der Waals surface area contributed by atoms with Crippen molar-refractivity contribution in [3.05, 3.63) is 52.0 Å². The average molecular weight is 375 g/mol. The summed E-state index contributed by atoms with van der Waals surface area (Å²) in [5.74, 6) is 0.549. The summed E-state index contributed by atoms with van der Waals surface area (Å²) in [6.07, 6.45) is 0. The zero-order valence-corrected chi connectivity index (χ0v) is 14.3. The largest absolute Gasteiger partial charge is 0.493 e. The molecule has 0 saturated carbocycles.